The lowest BCUT2D eigenvalue weighted by Crippen LogP contribution is -2.41. The van der Waals surface area contributed by atoms with Gasteiger partial charge in [-0.05, 0) is 40.8 Å². The van der Waals surface area contributed by atoms with E-state index in [1.807, 2.05) is 6.07 Å². The summed E-state index contributed by atoms with van der Waals surface area (Å²) in [6, 6.07) is 1.91. The van der Waals surface area contributed by atoms with E-state index in [0.29, 0.717) is 17.6 Å². The molecule has 0 aliphatic heterocycles. The zero-order valence-electron chi connectivity index (χ0n) is 11.3. The van der Waals surface area contributed by atoms with Crippen molar-refractivity contribution in [1.82, 2.24) is 15.1 Å². The van der Waals surface area contributed by atoms with Crippen molar-refractivity contribution in [2.75, 3.05) is 0 Å². The molecule has 0 radical (unpaired) electrons. The van der Waals surface area contributed by atoms with Gasteiger partial charge in [0, 0.05) is 22.4 Å². The molecule has 2 heterocycles. The number of hydrogen-bond donors (Lipinski definition) is 1. The van der Waals surface area contributed by atoms with Gasteiger partial charge in [0.25, 0.3) is 0 Å². The second kappa shape index (κ2) is 5.26. The Morgan fingerprint density at radius 2 is 2.30 bits per heavy atom. The summed E-state index contributed by atoms with van der Waals surface area (Å²) in [6.07, 6.45) is 7.55. The summed E-state index contributed by atoms with van der Waals surface area (Å²) in [6.45, 7) is 2.22. The van der Waals surface area contributed by atoms with E-state index in [-0.39, 0.29) is 0 Å². The van der Waals surface area contributed by atoms with E-state index < -0.39 is 5.54 Å². The van der Waals surface area contributed by atoms with Crippen molar-refractivity contribution in [1.29, 1.82) is 0 Å². The molecule has 6 heteroatoms. The molecule has 0 spiro atoms. The summed E-state index contributed by atoms with van der Waals surface area (Å²) in [5, 5.41) is 4.05. The molecule has 20 heavy (non-hydrogen) atoms. The van der Waals surface area contributed by atoms with Crippen molar-refractivity contribution in [3.05, 3.63) is 28.8 Å². The lowest BCUT2D eigenvalue weighted by Gasteiger charge is -2.33. The maximum Gasteiger partial charge on any atom is 0.247 e. The number of hydrogen-bond acceptors (Lipinski definition) is 5. The Morgan fingerprint density at radius 3 is 3.05 bits per heavy atom. The summed E-state index contributed by atoms with van der Waals surface area (Å²) in [5.41, 5.74) is 6.81. The predicted molar refractivity (Wildman–Crippen MR) is 78.7 cm³/mol. The molecule has 1 fully saturated rings. The molecule has 106 valence electrons. The zero-order chi connectivity index (χ0) is 14.2. The average molecular weight is 337 g/mol. The van der Waals surface area contributed by atoms with Crippen LogP contribution in [0.4, 0.5) is 0 Å². The minimum atomic E-state index is -0.484. The monoisotopic (exact) mass is 336 g/mol. The number of rotatable bonds is 2. The van der Waals surface area contributed by atoms with Crippen LogP contribution < -0.4 is 5.73 Å². The molecule has 2 unspecified atom stereocenters. The second-order valence-electron chi connectivity index (χ2n) is 5.67. The summed E-state index contributed by atoms with van der Waals surface area (Å²) in [5.74, 6) is 1.67. The van der Waals surface area contributed by atoms with Gasteiger partial charge < -0.3 is 10.3 Å². The van der Waals surface area contributed by atoms with Crippen LogP contribution >= 0.6 is 15.9 Å². The van der Waals surface area contributed by atoms with Crippen LogP contribution in [0.5, 0.6) is 0 Å². The van der Waals surface area contributed by atoms with Gasteiger partial charge in [-0.15, -0.1) is 0 Å². The number of halogens is 1. The summed E-state index contributed by atoms with van der Waals surface area (Å²) >= 11 is 3.39. The van der Waals surface area contributed by atoms with Gasteiger partial charge in [-0.1, -0.05) is 24.9 Å². The molecule has 0 amide bonds. The zero-order valence-corrected chi connectivity index (χ0v) is 12.9. The Hall–Kier alpha value is -1.27. The van der Waals surface area contributed by atoms with Crippen molar-refractivity contribution in [2.45, 2.75) is 38.1 Å². The van der Waals surface area contributed by atoms with Gasteiger partial charge in [0.1, 0.15) is 0 Å². The predicted octanol–water partition coefficient (Wildman–Crippen LogP) is 3.26. The van der Waals surface area contributed by atoms with Gasteiger partial charge in [-0.3, -0.25) is 4.98 Å². The van der Waals surface area contributed by atoms with Crippen LogP contribution in [0.1, 0.15) is 38.5 Å². The summed E-state index contributed by atoms with van der Waals surface area (Å²) in [7, 11) is 0. The third kappa shape index (κ3) is 2.62. The molecule has 2 aromatic rings. The van der Waals surface area contributed by atoms with Crippen LogP contribution in [0.15, 0.2) is 27.5 Å². The SMILES string of the molecule is CC1CCCC(N)(c2nc(-c3cncc(Br)c3)no2)C1. The fourth-order valence-corrected chi connectivity index (χ4v) is 3.23. The highest BCUT2D eigenvalue weighted by molar-refractivity contribution is 9.10. The standard InChI is InChI=1S/C14H17BrN4O/c1-9-3-2-4-14(16,6-9)13-18-12(19-20-13)10-5-11(15)8-17-7-10/h5,7-9H,2-4,6,16H2,1H3. The summed E-state index contributed by atoms with van der Waals surface area (Å²) < 4.78 is 6.30. The highest BCUT2D eigenvalue weighted by Gasteiger charge is 2.37. The first-order chi connectivity index (χ1) is 9.57. The molecule has 5 nitrogen and oxygen atoms in total. The van der Waals surface area contributed by atoms with Crippen LogP contribution in [-0.4, -0.2) is 15.1 Å². The van der Waals surface area contributed by atoms with Crippen LogP contribution in [0, 0.1) is 5.92 Å². The van der Waals surface area contributed by atoms with E-state index in [9.17, 15) is 0 Å². The van der Waals surface area contributed by atoms with Crippen LogP contribution in [0.3, 0.4) is 0 Å². The van der Waals surface area contributed by atoms with Crippen molar-refractivity contribution in [2.24, 2.45) is 11.7 Å². The van der Waals surface area contributed by atoms with E-state index >= 15 is 0 Å². The van der Waals surface area contributed by atoms with Crippen molar-refractivity contribution < 1.29 is 4.52 Å². The number of nitrogens with two attached hydrogens (primary N) is 1. The lowest BCUT2D eigenvalue weighted by molar-refractivity contribution is 0.183. The van der Waals surface area contributed by atoms with Gasteiger partial charge in [0.2, 0.25) is 11.7 Å². The minimum absolute atomic E-state index is 0.484. The number of nitrogens with zero attached hydrogens (tertiary/aromatic N) is 3. The molecule has 3 rings (SSSR count). The number of pyridine rings is 1. The fraction of sp³-hybridized carbons (Fsp3) is 0.500. The molecule has 1 aliphatic rings. The Bertz CT molecular complexity index is 615. The minimum Gasteiger partial charge on any atom is -0.337 e. The first-order valence-corrected chi connectivity index (χ1v) is 7.60. The molecule has 1 saturated carbocycles. The van der Waals surface area contributed by atoms with Crippen LogP contribution in [0.25, 0.3) is 11.4 Å². The van der Waals surface area contributed by atoms with E-state index in [0.717, 1.165) is 29.3 Å². The Balaban J connectivity index is 1.90. The Morgan fingerprint density at radius 1 is 1.45 bits per heavy atom. The van der Waals surface area contributed by atoms with Crippen molar-refractivity contribution >= 4 is 15.9 Å². The maximum atomic E-state index is 6.47. The molecule has 2 atom stereocenters. The first kappa shape index (κ1) is 13.7. The van der Waals surface area contributed by atoms with Crippen molar-refractivity contribution in [3.8, 4) is 11.4 Å². The molecule has 2 N–H and O–H groups in total. The smallest absolute Gasteiger partial charge is 0.247 e. The van der Waals surface area contributed by atoms with Gasteiger partial charge in [-0.25, -0.2) is 0 Å². The van der Waals surface area contributed by atoms with Crippen molar-refractivity contribution in [3.63, 3.8) is 0 Å². The topological polar surface area (TPSA) is 77.8 Å². The van der Waals surface area contributed by atoms with E-state index in [4.69, 9.17) is 10.3 Å². The highest BCUT2D eigenvalue weighted by Crippen LogP contribution is 2.37. The first-order valence-electron chi connectivity index (χ1n) is 6.81. The van der Waals surface area contributed by atoms with E-state index in [2.05, 4.69) is 38.0 Å². The molecular formula is C14H17BrN4O. The van der Waals surface area contributed by atoms with Gasteiger partial charge >= 0.3 is 0 Å². The molecule has 0 bridgehead atoms. The third-order valence-electron chi connectivity index (χ3n) is 3.85. The highest BCUT2D eigenvalue weighted by atomic mass is 79.9. The average Bonchev–Trinajstić information content (AvgIpc) is 2.88. The Kier molecular flexibility index (Phi) is 3.60. The van der Waals surface area contributed by atoms with Gasteiger partial charge in [0.15, 0.2) is 0 Å². The number of aromatic nitrogens is 3. The van der Waals surface area contributed by atoms with Crippen LogP contribution in [-0.2, 0) is 5.54 Å². The van der Waals surface area contributed by atoms with Gasteiger partial charge in [0.05, 0.1) is 5.54 Å². The normalized spacial score (nSPS) is 26.6. The fourth-order valence-electron chi connectivity index (χ4n) is 2.86. The largest absolute Gasteiger partial charge is 0.337 e. The third-order valence-corrected chi connectivity index (χ3v) is 4.28. The molecule has 1 aliphatic carbocycles. The van der Waals surface area contributed by atoms with Crippen LogP contribution in [0.2, 0.25) is 0 Å². The van der Waals surface area contributed by atoms with E-state index in [1.165, 1.54) is 6.42 Å². The van der Waals surface area contributed by atoms with E-state index in [1.54, 1.807) is 12.4 Å². The molecule has 2 aromatic heterocycles. The quantitative estimate of drug-likeness (QED) is 0.910. The second-order valence-corrected chi connectivity index (χ2v) is 6.59. The molecular weight excluding hydrogens is 320 g/mol. The van der Waals surface area contributed by atoms with Gasteiger partial charge in [-0.2, -0.15) is 4.98 Å². The summed E-state index contributed by atoms with van der Waals surface area (Å²) in [4.78, 5) is 8.60. The lowest BCUT2D eigenvalue weighted by atomic mass is 9.77. The maximum absolute atomic E-state index is 6.47. The Labute approximate surface area is 126 Å². The molecule has 0 saturated heterocycles. The molecule has 0 aromatic carbocycles.